The van der Waals surface area contributed by atoms with Crippen LogP contribution in [0.1, 0.15) is 26.3 Å². The highest BCUT2D eigenvalue weighted by Gasteiger charge is 2.42. The number of ether oxygens (including phenoxy) is 1. The molecule has 1 aliphatic heterocycles. The molecule has 0 spiro atoms. The van der Waals surface area contributed by atoms with Crippen LogP contribution < -0.4 is 9.64 Å². The Bertz CT molecular complexity index is 812. The predicted octanol–water partition coefficient (Wildman–Crippen LogP) is 1.90. The summed E-state index contributed by atoms with van der Waals surface area (Å²) in [5, 5.41) is 31.5. The van der Waals surface area contributed by atoms with Crippen LogP contribution in [0.2, 0.25) is 0 Å². The van der Waals surface area contributed by atoms with Crippen LogP contribution >= 0.6 is 0 Å². The Morgan fingerprint density at radius 1 is 1.23 bits per heavy atom. The van der Waals surface area contributed by atoms with E-state index < -0.39 is 45.1 Å². The number of carboxylic acid groups (broad SMARTS) is 1. The molecule has 0 radical (unpaired) electrons. The third-order valence-electron chi connectivity index (χ3n) is 3.78. The zero-order valence-corrected chi connectivity index (χ0v) is 14.3. The van der Waals surface area contributed by atoms with Crippen molar-refractivity contribution in [3.8, 4) is 5.75 Å². The molecular formula is C15H17N3O8. The van der Waals surface area contributed by atoms with Crippen molar-refractivity contribution in [3.63, 3.8) is 0 Å². The van der Waals surface area contributed by atoms with Gasteiger partial charge >= 0.3 is 11.7 Å². The van der Waals surface area contributed by atoms with Gasteiger partial charge in [0.25, 0.3) is 5.69 Å². The zero-order chi connectivity index (χ0) is 19.8. The van der Waals surface area contributed by atoms with E-state index in [9.17, 15) is 29.8 Å². The molecule has 0 atom stereocenters. The standard InChI is InChI=1S/C15H17N3O8/c1-15(2,3)14(21)16-5-4-8-12(16)9(17(22)23)6-10(18(24)25)13(8)26-7-11(19)20/h6H,4-5,7H2,1-3H3,(H,19,20). The number of hydrogen-bond donors (Lipinski definition) is 1. The minimum absolute atomic E-state index is 0.0780. The van der Waals surface area contributed by atoms with Crippen LogP contribution in [0.4, 0.5) is 17.1 Å². The van der Waals surface area contributed by atoms with E-state index in [2.05, 4.69) is 0 Å². The average Bonchev–Trinajstić information content (AvgIpc) is 2.94. The monoisotopic (exact) mass is 367 g/mol. The summed E-state index contributed by atoms with van der Waals surface area (Å²) in [6.07, 6.45) is 0.0780. The highest BCUT2D eigenvalue weighted by atomic mass is 16.6. The number of aliphatic carboxylic acids is 1. The molecule has 0 bridgehead atoms. The number of nitrogens with zero attached hydrogens (tertiary/aromatic N) is 3. The summed E-state index contributed by atoms with van der Waals surface area (Å²) in [6.45, 7) is 4.17. The van der Waals surface area contributed by atoms with Crippen LogP contribution in [0.15, 0.2) is 6.07 Å². The van der Waals surface area contributed by atoms with Crippen molar-refractivity contribution in [1.29, 1.82) is 0 Å². The number of carbonyl (C=O) groups is 2. The summed E-state index contributed by atoms with van der Waals surface area (Å²) in [4.78, 5) is 45.7. The van der Waals surface area contributed by atoms with Gasteiger partial charge in [-0.2, -0.15) is 0 Å². The smallest absolute Gasteiger partial charge is 0.341 e. The predicted molar refractivity (Wildman–Crippen MR) is 88.4 cm³/mol. The average molecular weight is 367 g/mol. The van der Waals surface area contributed by atoms with Crippen LogP contribution in [0, 0.1) is 25.6 Å². The number of anilines is 1. The summed E-state index contributed by atoms with van der Waals surface area (Å²) in [6, 6.07) is 0.699. The second-order valence-corrected chi connectivity index (χ2v) is 6.72. The van der Waals surface area contributed by atoms with Crippen molar-refractivity contribution in [2.45, 2.75) is 27.2 Å². The minimum atomic E-state index is -1.35. The van der Waals surface area contributed by atoms with E-state index in [4.69, 9.17) is 9.84 Å². The van der Waals surface area contributed by atoms with Crippen molar-refractivity contribution in [1.82, 2.24) is 0 Å². The Morgan fingerprint density at radius 2 is 1.81 bits per heavy atom. The number of benzene rings is 1. The molecule has 0 fully saturated rings. The normalized spacial score (nSPS) is 13.3. The second-order valence-electron chi connectivity index (χ2n) is 6.72. The lowest BCUT2D eigenvalue weighted by Crippen LogP contribution is -2.38. The maximum atomic E-state index is 12.6. The molecule has 1 aliphatic rings. The lowest BCUT2D eigenvalue weighted by atomic mass is 9.94. The van der Waals surface area contributed by atoms with Crippen molar-refractivity contribution < 1.29 is 29.3 Å². The third-order valence-corrected chi connectivity index (χ3v) is 3.78. The fourth-order valence-corrected chi connectivity index (χ4v) is 2.73. The quantitative estimate of drug-likeness (QED) is 0.611. The highest BCUT2D eigenvalue weighted by Crippen LogP contribution is 2.48. The van der Waals surface area contributed by atoms with Gasteiger partial charge in [-0.3, -0.25) is 25.0 Å². The van der Waals surface area contributed by atoms with Crippen LogP contribution in [-0.4, -0.2) is 40.0 Å². The van der Waals surface area contributed by atoms with Gasteiger partial charge in [0.15, 0.2) is 6.61 Å². The topological polar surface area (TPSA) is 153 Å². The zero-order valence-electron chi connectivity index (χ0n) is 14.3. The van der Waals surface area contributed by atoms with E-state index in [0.717, 1.165) is 0 Å². The van der Waals surface area contributed by atoms with Gasteiger partial charge in [-0.1, -0.05) is 20.8 Å². The van der Waals surface area contributed by atoms with Gasteiger partial charge in [-0.15, -0.1) is 0 Å². The molecule has 0 unspecified atom stereocenters. The van der Waals surface area contributed by atoms with Crippen molar-refractivity contribution in [2.75, 3.05) is 18.1 Å². The highest BCUT2D eigenvalue weighted by molar-refractivity contribution is 6.02. The molecule has 11 heteroatoms. The molecule has 0 saturated carbocycles. The molecular weight excluding hydrogens is 350 g/mol. The summed E-state index contributed by atoms with van der Waals surface area (Å²) in [7, 11) is 0. The summed E-state index contributed by atoms with van der Waals surface area (Å²) in [5.74, 6) is -2.10. The van der Waals surface area contributed by atoms with Gasteiger partial charge in [0.05, 0.1) is 9.85 Å². The van der Waals surface area contributed by atoms with E-state index in [1.165, 1.54) is 4.90 Å². The Balaban J connectivity index is 2.71. The first-order valence-electron chi connectivity index (χ1n) is 7.60. The van der Waals surface area contributed by atoms with Crippen LogP contribution in [0.5, 0.6) is 5.75 Å². The van der Waals surface area contributed by atoms with E-state index >= 15 is 0 Å². The van der Waals surface area contributed by atoms with Crippen LogP contribution in [-0.2, 0) is 16.0 Å². The lowest BCUT2D eigenvalue weighted by molar-refractivity contribution is -0.394. The fraction of sp³-hybridized carbons (Fsp3) is 0.467. The number of amides is 1. The Hall–Kier alpha value is -3.24. The number of carbonyl (C=O) groups excluding carboxylic acids is 1. The number of nitro benzene ring substituents is 2. The first kappa shape index (κ1) is 19.1. The van der Waals surface area contributed by atoms with E-state index in [1.807, 2.05) is 0 Å². The molecule has 1 N–H and O–H groups in total. The van der Waals surface area contributed by atoms with Crippen molar-refractivity contribution in [2.24, 2.45) is 5.41 Å². The Kier molecular flexibility index (Phi) is 4.83. The summed E-state index contributed by atoms with van der Waals surface area (Å²) in [5.41, 5.74) is -2.13. The van der Waals surface area contributed by atoms with Crippen molar-refractivity contribution in [3.05, 3.63) is 31.9 Å². The maximum absolute atomic E-state index is 12.6. The molecule has 0 aliphatic carbocycles. The van der Waals surface area contributed by atoms with E-state index in [1.54, 1.807) is 20.8 Å². The SMILES string of the molecule is CC(C)(C)C(=O)N1CCc2c(OCC(=O)O)c([N+](=O)[O-])cc([N+](=O)[O-])c21. The van der Waals surface area contributed by atoms with Gasteiger partial charge in [-0.25, -0.2) is 4.79 Å². The second kappa shape index (κ2) is 6.58. The lowest BCUT2D eigenvalue weighted by Gasteiger charge is -2.26. The molecule has 1 heterocycles. The van der Waals surface area contributed by atoms with E-state index in [-0.39, 0.29) is 30.0 Å². The first-order chi connectivity index (χ1) is 11.9. The van der Waals surface area contributed by atoms with Crippen LogP contribution in [0.25, 0.3) is 0 Å². The molecule has 0 saturated heterocycles. The minimum Gasteiger partial charge on any atom is -0.479 e. The largest absolute Gasteiger partial charge is 0.479 e. The van der Waals surface area contributed by atoms with Crippen molar-refractivity contribution >= 4 is 28.9 Å². The van der Waals surface area contributed by atoms with E-state index in [0.29, 0.717) is 6.07 Å². The number of nitro groups is 2. The molecule has 1 aromatic rings. The van der Waals surface area contributed by atoms with Gasteiger partial charge in [0.2, 0.25) is 11.7 Å². The molecule has 2 rings (SSSR count). The molecule has 1 aromatic carbocycles. The number of carboxylic acids is 1. The van der Waals surface area contributed by atoms with Gasteiger partial charge in [0, 0.05) is 17.5 Å². The molecule has 11 nitrogen and oxygen atoms in total. The summed E-state index contributed by atoms with van der Waals surface area (Å²) >= 11 is 0. The molecule has 140 valence electrons. The first-order valence-corrected chi connectivity index (χ1v) is 7.60. The fourth-order valence-electron chi connectivity index (χ4n) is 2.73. The summed E-state index contributed by atoms with van der Waals surface area (Å²) < 4.78 is 5.05. The van der Waals surface area contributed by atoms with Gasteiger partial charge in [-0.05, 0) is 6.42 Å². The Labute approximate surface area is 147 Å². The maximum Gasteiger partial charge on any atom is 0.341 e. The number of hydrogen-bond acceptors (Lipinski definition) is 7. The number of rotatable bonds is 5. The number of fused-ring (bicyclic) bond motifs is 1. The van der Waals surface area contributed by atoms with Gasteiger partial charge < -0.3 is 14.7 Å². The van der Waals surface area contributed by atoms with Crippen LogP contribution in [0.3, 0.4) is 0 Å². The molecule has 0 aromatic heterocycles. The molecule has 26 heavy (non-hydrogen) atoms. The van der Waals surface area contributed by atoms with Gasteiger partial charge in [0.1, 0.15) is 11.8 Å². The molecule has 1 amide bonds. The Morgan fingerprint density at radius 3 is 2.27 bits per heavy atom. The third kappa shape index (κ3) is 3.41.